The topological polar surface area (TPSA) is 62.4 Å². The minimum atomic E-state index is 0.287. The fraction of sp³-hybridized carbons (Fsp3) is 0.971. The number of hydrogen-bond acceptors (Lipinski definition) is 4. The van der Waals surface area contributed by atoms with E-state index < -0.39 is 0 Å². The highest BCUT2D eigenvalue weighted by Gasteiger charge is 2.60. The Morgan fingerprint density at radius 2 is 1.62 bits per heavy atom. The van der Waals surface area contributed by atoms with Crippen molar-refractivity contribution >= 4 is 5.84 Å². The molecule has 0 aromatic rings. The van der Waals surface area contributed by atoms with Crippen LogP contribution in [0.25, 0.3) is 0 Å². The third-order valence-electron chi connectivity index (χ3n) is 13.4. The average Bonchev–Trinajstić information content (AvgIpc) is 3.13. The number of nitrogens with zero attached hydrogens (tertiary/aromatic N) is 1. The number of aliphatic imine (C=N–C) groups is 1. The third kappa shape index (κ3) is 6.27. The summed E-state index contributed by atoms with van der Waals surface area (Å²) in [6, 6.07) is 0.993. The molecule has 4 nitrogen and oxygen atoms in total. The molecule has 5 unspecified atom stereocenters. The number of nitrogens with one attached hydrogen (secondary N) is 2. The van der Waals surface area contributed by atoms with E-state index in [1.165, 1.54) is 89.9 Å². The first kappa shape index (κ1) is 29.9. The van der Waals surface area contributed by atoms with Crippen molar-refractivity contribution in [2.75, 3.05) is 19.6 Å². The first-order valence-corrected chi connectivity index (χ1v) is 17.5. The highest BCUT2D eigenvalue weighted by molar-refractivity contribution is 5.85. The Hall–Kier alpha value is -0.610. The molecule has 10 atom stereocenters. The number of amidine groups is 1. The molecule has 0 spiro atoms. The highest BCUT2D eigenvalue weighted by atomic mass is 15.0. The highest BCUT2D eigenvalue weighted by Crippen LogP contribution is 2.68. The van der Waals surface area contributed by atoms with Crippen molar-refractivity contribution < 1.29 is 0 Å². The van der Waals surface area contributed by atoms with Crippen molar-refractivity contribution in [1.29, 1.82) is 0 Å². The zero-order valence-corrected chi connectivity index (χ0v) is 26.4. The summed E-state index contributed by atoms with van der Waals surface area (Å²) in [5, 5.41) is 7.64. The van der Waals surface area contributed by atoms with Gasteiger partial charge >= 0.3 is 0 Å². The van der Waals surface area contributed by atoms with E-state index in [9.17, 15) is 0 Å². The normalized spacial score (nSPS) is 43.2. The monoisotopic (exact) mass is 541 g/mol. The number of fused-ring (bicyclic) bond motifs is 5. The Balaban J connectivity index is 1.12. The van der Waals surface area contributed by atoms with Gasteiger partial charge in [0.25, 0.3) is 0 Å². The molecule has 0 radical (unpaired) electrons. The molecule has 4 saturated carbocycles. The summed E-state index contributed by atoms with van der Waals surface area (Å²) in [5.41, 5.74) is 7.42. The summed E-state index contributed by atoms with van der Waals surface area (Å²) in [5.74, 6) is 7.53. The summed E-state index contributed by atoms with van der Waals surface area (Å²) in [6.45, 7) is 15.9. The van der Waals surface area contributed by atoms with Gasteiger partial charge in [-0.2, -0.15) is 0 Å². The molecular formula is C35H64N4. The third-order valence-corrected chi connectivity index (χ3v) is 13.4. The van der Waals surface area contributed by atoms with Crippen LogP contribution in [0.15, 0.2) is 4.99 Å². The van der Waals surface area contributed by atoms with Crippen LogP contribution in [0.1, 0.15) is 131 Å². The largest absolute Gasteiger partial charge is 0.386 e. The van der Waals surface area contributed by atoms with Gasteiger partial charge < -0.3 is 16.4 Å². The van der Waals surface area contributed by atoms with E-state index in [0.29, 0.717) is 16.9 Å². The molecular weight excluding hydrogens is 476 g/mol. The average molecular weight is 541 g/mol. The van der Waals surface area contributed by atoms with Crippen LogP contribution in [0, 0.1) is 52.3 Å². The van der Waals surface area contributed by atoms with Gasteiger partial charge in [0.15, 0.2) is 0 Å². The number of hydrogen-bond donors (Lipinski definition) is 3. The quantitative estimate of drug-likeness (QED) is 0.250. The molecule has 0 amide bonds. The molecule has 0 aromatic carbocycles. The minimum Gasteiger partial charge on any atom is -0.386 e. The molecule has 5 rings (SSSR count). The maximum Gasteiger partial charge on any atom is 0.111 e. The van der Waals surface area contributed by atoms with Gasteiger partial charge in [-0.15, -0.1) is 0 Å². The van der Waals surface area contributed by atoms with E-state index in [1.807, 2.05) is 0 Å². The van der Waals surface area contributed by atoms with E-state index in [2.05, 4.69) is 50.2 Å². The van der Waals surface area contributed by atoms with Gasteiger partial charge in [0.05, 0.1) is 6.04 Å². The van der Waals surface area contributed by atoms with E-state index in [0.717, 1.165) is 73.3 Å². The first-order valence-electron chi connectivity index (χ1n) is 17.5. The zero-order valence-electron chi connectivity index (χ0n) is 26.4. The van der Waals surface area contributed by atoms with E-state index in [-0.39, 0.29) is 6.04 Å². The second kappa shape index (κ2) is 12.7. The van der Waals surface area contributed by atoms with Gasteiger partial charge in [0, 0.05) is 25.7 Å². The zero-order chi connectivity index (χ0) is 27.6. The molecule has 0 saturated heterocycles. The molecule has 1 heterocycles. The van der Waals surface area contributed by atoms with Crippen LogP contribution in [0.2, 0.25) is 0 Å². The van der Waals surface area contributed by atoms with Crippen LogP contribution in [-0.4, -0.2) is 37.6 Å². The van der Waals surface area contributed by atoms with Crippen LogP contribution in [0.5, 0.6) is 0 Å². The van der Waals surface area contributed by atoms with Crippen molar-refractivity contribution in [3.05, 3.63) is 0 Å². The fourth-order valence-corrected chi connectivity index (χ4v) is 11.1. The minimum absolute atomic E-state index is 0.287. The van der Waals surface area contributed by atoms with E-state index >= 15 is 0 Å². The molecule has 4 fully saturated rings. The number of rotatable bonds is 10. The Kier molecular flexibility index (Phi) is 9.74. The van der Waals surface area contributed by atoms with Gasteiger partial charge in [-0.05, 0) is 129 Å². The molecule has 5 aliphatic rings. The van der Waals surface area contributed by atoms with Gasteiger partial charge in [-0.3, -0.25) is 4.99 Å². The molecule has 4 N–H and O–H groups in total. The molecule has 0 bridgehead atoms. The Labute approximate surface area is 241 Å². The van der Waals surface area contributed by atoms with Crippen molar-refractivity contribution in [2.24, 2.45) is 63.0 Å². The lowest BCUT2D eigenvalue weighted by molar-refractivity contribution is -0.118. The molecule has 39 heavy (non-hydrogen) atoms. The Morgan fingerprint density at radius 1 is 0.846 bits per heavy atom. The molecule has 0 aromatic heterocycles. The van der Waals surface area contributed by atoms with Crippen molar-refractivity contribution in [3.63, 3.8) is 0 Å². The second-order valence-electron chi connectivity index (χ2n) is 15.9. The second-order valence-corrected chi connectivity index (χ2v) is 15.9. The predicted molar refractivity (Wildman–Crippen MR) is 167 cm³/mol. The van der Waals surface area contributed by atoms with Crippen LogP contribution >= 0.6 is 0 Å². The van der Waals surface area contributed by atoms with Gasteiger partial charge in [0.1, 0.15) is 5.84 Å². The van der Waals surface area contributed by atoms with Crippen molar-refractivity contribution in [1.82, 2.24) is 10.6 Å². The lowest BCUT2D eigenvalue weighted by Crippen LogP contribution is -2.55. The predicted octanol–water partition coefficient (Wildman–Crippen LogP) is 7.57. The summed E-state index contributed by atoms with van der Waals surface area (Å²) in [4.78, 5) is 4.53. The molecule has 1 aliphatic heterocycles. The lowest BCUT2D eigenvalue weighted by atomic mass is 9.44. The summed E-state index contributed by atoms with van der Waals surface area (Å²) in [6.07, 6.45) is 21.2. The Morgan fingerprint density at radius 3 is 2.44 bits per heavy atom. The van der Waals surface area contributed by atoms with Crippen molar-refractivity contribution in [3.8, 4) is 0 Å². The number of nitrogens with two attached hydrogens (primary N) is 1. The van der Waals surface area contributed by atoms with Crippen molar-refractivity contribution in [2.45, 2.75) is 143 Å². The van der Waals surface area contributed by atoms with Crippen LogP contribution < -0.4 is 16.4 Å². The van der Waals surface area contributed by atoms with E-state index in [1.54, 1.807) is 0 Å². The maximum absolute atomic E-state index is 6.20. The molecule has 4 aliphatic carbocycles. The van der Waals surface area contributed by atoms with Crippen LogP contribution in [-0.2, 0) is 0 Å². The van der Waals surface area contributed by atoms with Crippen LogP contribution in [0.3, 0.4) is 0 Å². The first-order chi connectivity index (χ1) is 18.7. The molecule has 4 heteroatoms. The Bertz CT molecular complexity index is 823. The van der Waals surface area contributed by atoms with Gasteiger partial charge in [-0.25, -0.2) is 0 Å². The maximum atomic E-state index is 6.20. The smallest absolute Gasteiger partial charge is 0.111 e. The van der Waals surface area contributed by atoms with Crippen LogP contribution in [0.4, 0.5) is 0 Å². The van der Waals surface area contributed by atoms with Gasteiger partial charge in [0.2, 0.25) is 0 Å². The summed E-state index contributed by atoms with van der Waals surface area (Å²) in [7, 11) is 0. The molecule has 224 valence electrons. The summed E-state index contributed by atoms with van der Waals surface area (Å²) < 4.78 is 0. The fourth-order valence-electron chi connectivity index (χ4n) is 11.1. The van der Waals surface area contributed by atoms with Gasteiger partial charge in [-0.1, -0.05) is 53.9 Å². The standard InChI is InChI=1S/C35H64N4/c1-24(2)9-8-10-25(3)29-14-15-30-28-13-12-26-23-27(16-18-34(26,4)31(28)17-19-35(29,30)5)37-21-22-38-32-11-6-7-20-39-33(32)36/h24-32,37-38H,6-23H2,1-5H3,(H2,36,39)/t25?,26-,27+,28?,29+,30?,31?,32?,34-,35+/m0/s1. The summed E-state index contributed by atoms with van der Waals surface area (Å²) >= 11 is 0. The SMILES string of the molecule is CC(C)CCCC(C)[C@H]1CCC2C3CC[C@H]4C[C@H](NCCNC5CCCCN=C5N)CC[C@]4(C)C3CC[C@@]21C. The van der Waals surface area contributed by atoms with E-state index in [4.69, 9.17) is 5.73 Å². The lowest BCUT2D eigenvalue weighted by Gasteiger charge is -2.61.